The van der Waals surface area contributed by atoms with E-state index in [4.69, 9.17) is 0 Å². The summed E-state index contributed by atoms with van der Waals surface area (Å²) in [6, 6.07) is 1.60. The van der Waals surface area contributed by atoms with Gasteiger partial charge in [0.1, 0.15) is 0 Å². The molecule has 2 aliphatic rings. The van der Waals surface area contributed by atoms with Gasteiger partial charge in [0.25, 0.3) is 0 Å². The monoisotopic (exact) mass is 276 g/mol. The Morgan fingerprint density at radius 1 is 1.30 bits per heavy atom. The van der Waals surface area contributed by atoms with E-state index in [9.17, 15) is 9.59 Å². The number of aromatic amines is 1. The van der Waals surface area contributed by atoms with Gasteiger partial charge in [0, 0.05) is 24.5 Å². The zero-order valence-electron chi connectivity index (χ0n) is 11.5. The number of amides is 2. The third kappa shape index (κ3) is 2.60. The Balaban J connectivity index is 1.60. The van der Waals surface area contributed by atoms with E-state index in [1.54, 1.807) is 6.20 Å². The topological polar surface area (TPSA) is 78.1 Å². The number of nitrogens with zero attached hydrogens (tertiary/aromatic N) is 2. The van der Waals surface area contributed by atoms with Crippen LogP contribution in [0, 0.1) is 0 Å². The first-order valence-corrected chi connectivity index (χ1v) is 7.33. The Morgan fingerprint density at radius 2 is 2.10 bits per heavy atom. The van der Waals surface area contributed by atoms with Crippen molar-refractivity contribution in [3.05, 3.63) is 18.0 Å². The summed E-state index contributed by atoms with van der Waals surface area (Å²) in [6.45, 7) is 0.530. The first-order valence-electron chi connectivity index (χ1n) is 7.33. The average Bonchev–Trinajstić information content (AvgIpc) is 3.06. The maximum absolute atomic E-state index is 12.4. The molecular formula is C14H20N4O2. The van der Waals surface area contributed by atoms with Gasteiger partial charge in [-0.3, -0.25) is 24.9 Å². The number of H-pyrrole nitrogens is 1. The minimum absolute atomic E-state index is 0.0241. The predicted octanol–water partition coefficient (Wildman–Crippen LogP) is 0.959. The van der Waals surface area contributed by atoms with E-state index in [2.05, 4.69) is 15.5 Å². The van der Waals surface area contributed by atoms with Crippen LogP contribution < -0.4 is 5.32 Å². The van der Waals surface area contributed by atoms with Gasteiger partial charge in [-0.2, -0.15) is 5.10 Å². The highest BCUT2D eigenvalue weighted by atomic mass is 16.2. The molecule has 1 saturated carbocycles. The van der Waals surface area contributed by atoms with Gasteiger partial charge in [-0.25, -0.2) is 0 Å². The fraction of sp³-hybridized carbons (Fsp3) is 0.643. The summed E-state index contributed by atoms with van der Waals surface area (Å²) in [5, 5.41) is 9.85. The summed E-state index contributed by atoms with van der Waals surface area (Å²) in [4.78, 5) is 26.0. The molecule has 1 aromatic heterocycles. The maximum atomic E-state index is 12.4. The van der Waals surface area contributed by atoms with Crippen molar-refractivity contribution in [2.75, 3.05) is 0 Å². The molecule has 2 heterocycles. The number of carbonyl (C=O) groups excluding carboxylic acids is 2. The van der Waals surface area contributed by atoms with Gasteiger partial charge in [0.2, 0.25) is 11.8 Å². The molecule has 2 N–H and O–H groups in total. The number of rotatable bonds is 4. The van der Waals surface area contributed by atoms with E-state index in [1.165, 1.54) is 11.3 Å². The van der Waals surface area contributed by atoms with Crippen LogP contribution in [-0.4, -0.2) is 39.0 Å². The molecular weight excluding hydrogens is 256 g/mol. The number of hydrogen-bond acceptors (Lipinski definition) is 4. The average molecular weight is 276 g/mol. The third-order valence-corrected chi connectivity index (χ3v) is 4.22. The highest BCUT2D eigenvalue weighted by Gasteiger charge is 2.42. The van der Waals surface area contributed by atoms with Crippen LogP contribution in [0.2, 0.25) is 0 Å². The van der Waals surface area contributed by atoms with Crippen molar-refractivity contribution in [3.63, 3.8) is 0 Å². The first kappa shape index (κ1) is 13.3. The third-order valence-electron chi connectivity index (χ3n) is 4.22. The molecule has 1 aliphatic heterocycles. The summed E-state index contributed by atoms with van der Waals surface area (Å²) in [7, 11) is 0. The molecule has 1 aliphatic carbocycles. The van der Waals surface area contributed by atoms with Gasteiger partial charge in [-0.1, -0.05) is 19.3 Å². The van der Waals surface area contributed by atoms with Crippen molar-refractivity contribution in [3.8, 4) is 0 Å². The number of likely N-dealkylation sites (tertiary alicyclic amines) is 1. The lowest BCUT2D eigenvalue weighted by Crippen LogP contribution is -2.44. The van der Waals surface area contributed by atoms with Crippen molar-refractivity contribution in [2.24, 2.45) is 0 Å². The Kier molecular flexibility index (Phi) is 3.82. The molecule has 0 aromatic carbocycles. The van der Waals surface area contributed by atoms with Crippen LogP contribution >= 0.6 is 0 Å². The number of carbonyl (C=O) groups is 2. The molecule has 1 atom stereocenters. The van der Waals surface area contributed by atoms with Gasteiger partial charge in [-0.15, -0.1) is 0 Å². The van der Waals surface area contributed by atoms with E-state index < -0.39 is 0 Å². The summed E-state index contributed by atoms with van der Waals surface area (Å²) < 4.78 is 0. The summed E-state index contributed by atoms with van der Waals surface area (Å²) >= 11 is 0. The fourth-order valence-corrected chi connectivity index (χ4v) is 3.15. The van der Waals surface area contributed by atoms with Crippen LogP contribution in [0.4, 0.5) is 0 Å². The molecule has 0 spiro atoms. The van der Waals surface area contributed by atoms with Crippen LogP contribution in [0.5, 0.6) is 0 Å². The van der Waals surface area contributed by atoms with Crippen molar-refractivity contribution < 1.29 is 9.59 Å². The van der Waals surface area contributed by atoms with E-state index in [0.29, 0.717) is 6.54 Å². The zero-order chi connectivity index (χ0) is 13.9. The molecule has 1 unspecified atom stereocenters. The van der Waals surface area contributed by atoms with E-state index >= 15 is 0 Å². The summed E-state index contributed by atoms with van der Waals surface area (Å²) in [5.41, 5.74) is 0.918. The zero-order valence-corrected chi connectivity index (χ0v) is 11.5. The normalized spacial score (nSPS) is 24.6. The van der Waals surface area contributed by atoms with Crippen LogP contribution in [0.25, 0.3) is 0 Å². The van der Waals surface area contributed by atoms with Crippen LogP contribution in [-0.2, 0) is 16.1 Å². The molecule has 20 heavy (non-hydrogen) atoms. The number of hydrogen-bond donors (Lipinski definition) is 2. The van der Waals surface area contributed by atoms with Crippen molar-refractivity contribution >= 4 is 11.8 Å². The van der Waals surface area contributed by atoms with E-state index in [1.807, 2.05) is 6.07 Å². The molecule has 2 amide bonds. The molecule has 6 heteroatoms. The van der Waals surface area contributed by atoms with Crippen molar-refractivity contribution in [2.45, 2.75) is 57.2 Å². The highest BCUT2D eigenvalue weighted by Crippen LogP contribution is 2.27. The van der Waals surface area contributed by atoms with Crippen molar-refractivity contribution in [1.82, 2.24) is 20.4 Å². The molecule has 108 valence electrons. The Bertz CT molecular complexity index is 479. The second-order valence-electron chi connectivity index (χ2n) is 5.61. The summed E-state index contributed by atoms with van der Waals surface area (Å²) in [6.07, 6.45) is 7.34. The Labute approximate surface area is 117 Å². The fourth-order valence-electron chi connectivity index (χ4n) is 3.15. The molecule has 0 radical (unpaired) electrons. The lowest BCUT2D eigenvalue weighted by atomic mass is 9.94. The highest BCUT2D eigenvalue weighted by molar-refractivity contribution is 6.05. The molecule has 1 saturated heterocycles. The molecule has 1 aromatic rings. The molecule has 0 bridgehead atoms. The molecule has 3 rings (SSSR count). The van der Waals surface area contributed by atoms with Gasteiger partial charge in [0.05, 0.1) is 12.5 Å². The second kappa shape index (κ2) is 5.75. The number of aromatic nitrogens is 2. The first-order chi connectivity index (χ1) is 9.75. The summed E-state index contributed by atoms with van der Waals surface area (Å²) in [5.74, 6) is -0.0783. The number of imide groups is 1. The van der Waals surface area contributed by atoms with Gasteiger partial charge < -0.3 is 0 Å². The van der Waals surface area contributed by atoms with Crippen LogP contribution in [0.15, 0.2) is 12.3 Å². The van der Waals surface area contributed by atoms with Crippen LogP contribution in [0.3, 0.4) is 0 Å². The van der Waals surface area contributed by atoms with Gasteiger partial charge >= 0.3 is 0 Å². The predicted molar refractivity (Wildman–Crippen MR) is 72.6 cm³/mol. The minimum atomic E-state index is -0.382. The van der Waals surface area contributed by atoms with E-state index in [-0.39, 0.29) is 30.3 Å². The lowest BCUT2D eigenvalue weighted by molar-refractivity contribution is -0.142. The van der Waals surface area contributed by atoms with Crippen LogP contribution in [0.1, 0.15) is 44.2 Å². The maximum Gasteiger partial charge on any atom is 0.247 e. The SMILES string of the molecule is O=C1CC(NCc2ccn[nH]2)C(=O)N1C1CCCCC1. The number of nitrogens with one attached hydrogen (secondary N) is 2. The second-order valence-corrected chi connectivity index (χ2v) is 5.61. The molecule has 2 fully saturated rings. The minimum Gasteiger partial charge on any atom is -0.300 e. The smallest absolute Gasteiger partial charge is 0.247 e. The van der Waals surface area contributed by atoms with E-state index in [0.717, 1.165) is 31.4 Å². The quantitative estimate of drug-likeness (QED) is 0.803. The lowest BCUT2D eigenvalue weighted by Gasteiger charge is -2.29. The Hall–Kier alpha value is -1.69. The van der Waals surface area contributed by atoms with Gasteiger partial charge in [0.15, 0.2) is 0 Å². The van der Waals surface area contributed by atoms with Crippen molar-refractivity contribution in [1.29, 1.82) is 0 Å². The molecule has 6 nitrogen and oxygen atoms in total. The Morgan fingerprint density at radius 3 is 2.80 bits per heavy atom. The largest absolute Gasteiger partial charge is 0.300 e. The standard InChI is InChI=1S/C14H20N4O2/c19-13-8-12(15-9-10-6-7-16-17-10)14(20)18(13)11-4-2-1-3-5-11/h6-7,11-12,15H,1-5,8-9H2,(H,16,17). The van der Waals surface area contributed by atoms with Gasteiger partial charge in [-0.05, 0) is 18.9 Å².